The first-order chi connectivity index (χ1) is 15.4. The molecule has 0 aliphatic heterocycles. The number of anilines is 1. The van der Waals surface area contributed by atoms with Crippen LogP contribution in [0.5, 0.6) is 0 Å². The van der Waals surface area contributed by atoms with Gasteiger partial charge in [0.25, 0.3) is 0 Å². The lowest BCUT2D eigenvalue weighted by molar-refractivity contribution is 0.194. The Morgan fingerprint density at radius 3 is 2.75 bits per heavy atom. The zero-order valence-electron chi connectivity index (χ0n) is 16.5. The Morgan fingerprint density at radius 2 is 2.00 bits per heavy atom. The summed E-state index contributed by atoms with van der Waals surface area (Å²) >= 11 is 15.5. The van der Waals surface area contributed by atoms with E-state index < -0.39 is 6.09 Å². The average molecular weight is 507 g/mol. The SMILES string of the molecule is CC(NC(=O)O)Sc1ccc2sc(CNc3nncc(-c4c(Cl)cccc4Cl)n3)nc2c1. The monoisotopic (exact) mass is 506 g/mol. The Labute approximate surface area is 201 Å². The second kappa shape index (κ2) is 9.86. The van der Waals surface area contributed by atoms with Gasteiger partial charge >= 0.3 is 6.09 Å². The molecule has 2 aromatic carbocycles. The van der Waals surface area contributed by atoms with Crippen molar-refractivity contribution < 1.29 is 9.90 Å². The first-order valence-corrected chi connectivity index (χ1v) is 11.8. The number of amides is 1. The zero-order valence-corrected chi connectivity index (χ0v) is 19.7. The smallest absolute Gasteiger partial charge is 0.405 e. The number of halogens is 2. The summed E-state index contributed by atoms with van der Waals surface area (Å²) < 4.78 is 1.03. The molecular weight excluding hydrogens is 491 g/mol. The van der Waals surface area contributed by atoms with Crippen LogP contribution in [0, 0.1) is 0 Å². The molecule has 1 atom stereocenters. The number of fused-ring (bicyclic) bond motifs is 1. The van der Waals surface area contributed by atoms with E-state index in [1.807, 2.05) is 18.2 Å². The number of hydrogen-bond acceptors (Lipinski definition) is 8. The maximum Gasteiger partial charge on any atom is 0.405 e. The van der Waals surface area contributed by atoms with Crippen molar-refractivity contribution in [2.24, 2.45) is 0 Å². The van der Waals surface area contributed by atoms with Gasteiger partial charge in [0.15, 0.2) is 0 Å². The van der Waals surface area contributed by atoms with Crippen LogP contribution in [0.2, 0.25) is 10.0 Å². The zero-order chi connectivity index (χ0) is 22.7. The van der Waals surface area contributed by atoms with Gasteiger partial charge in [-0.25, -0.2) is 14.8 Å². The fourth-order valence-corrected chi connectivity index (χ4v) is 5.28. The largest absolute Gasteiger partial charge is 0.465 e. The van der Waals surface area contributed by atoms with Crippen LogP contribution in [0.3, 0.4) is 0 Å². The van der Waals surface area contributed by atoms with Crippen molar-refractivity contribution in [3.8, 4) is 11.3 Å². The minimum Gasteiger partial charge on any atom is -0.465 e. The minimum absolute atomic E-state index is 0.270. The summed E-state index contributed by atoms with van der Waals surface area (Å²) in [6.07, 6.45) is 0.459. The van der Waals surface area contributed by atoms with Crippen molar-refractivity contribution in [3.05, 3.63) is 57.6 Å². The Kier molecular flexibility index (Phi) is 6.95. The molecule has 0 radical (unpaired) electrons. The van der Waals surface area contributed by atoms with Crippen molar-refractivity contribution in [2.75, 3.05) is 5.32 Å². The van der Waals surface area contributed by atoms with Crippen LogP contribution in [0.25, 0.3) is 21.5 Å². The fourth-order valence-electron chi connectivity index (χ4n) is 2.91. The van der Waals surface area contributed by atoms with Gasteiger partial charge in [0.2, 0.25) is 5.95 Å². The maximum absolute atomic E-state index is 10.8. The third kappa shape index (κ3) is 5.39. The Bertz CT molecular complexity index is 1270. The molecule has 0 aliphatic rings. The summed E-state index contributed by atoms with van der Waals surface area (Å²) in [7, 11) is 0. The van der Waals surface area contributed by atoms with E-state index in [0.29, 0.717) is 33.8 Å². The van der Waals surface area contributed by atoms with E-state index in [4.69, 9.17) is 28.3 Å². The van der Waals surface area contributed by atoms with Crippen LogP contribution in [-0.4, -0.2) is 36.7 Å². The van der Waals surface area contributed by atoms with Gasteiger partial charge in [-0.15, -0.1) is 28.2 Å². The van der Waals surface area contributed by atoms with E-state index >= 15 is 0 Å². The highest BCUT2D eigenvalue weighted by Crippen LogP contribution is 2.33. The normalized spacial score (nSPS) is 12.0. The minimum atomic E-state index is -1.05. The highest BCUT2D eigenvalue weighted by Gasteiger charge is 2.13. The van der Waals surface area contributed by atoms with Crippen molar-refractivity contribution in [1.82, 2.24) is 25.5 Å². The molecule has 1 amide bonds. The Morgan fingerprint density at radius 1 is 1.22 bits per heavy atom. The number of nitrogens with zero attached hydrogens (tertiary/aromatic N) is 4. The van der Waals surface area contributed by atoms with Crippen LogP contribution < -0.4 is 10.6 Å². The molecule has 4 aromatic rings. The first-order valence-electron chi connectivity index (χ1n) is 9.32. The number of thiazole rings is 1. The quantitative estimate of drug-likeness (QED) is 0.213. The van der Waals surface area contributed by atoms with E-state index in [-0.39, 0.29) is 5.37 Å². The Hall–Kier alpha value is -2.66. The highest BCUT2D eigenvalue weighted by molar-refractivity contribution is 7.99. The van der Waals surface area contributed by atoms with Gasteiger partial charge in [-0.2, -0.15) is 5.10 Å². The van der Waals surface area contributed by atoms with Crippen molar-refractivity contribution >= 4 is 68.6 Å². The van der Waals surface area contributed by atoms with E-state index in [2.05, 4.69) is 30.8 Å². The number of hydrogen-bond donors (Lipinski definition) is 3. The lowest BCUT2D eigenvalue weighted by Crippen LogP contribution is -2.28. The highest BCUT2D eigenvalue weighted by atomic mass is 35.5. The molecule has 2 aromatic heterocycles. The number of carboxylic acid groups (broad SMARTS) is 1. The van der Waals surface area contributed by atoms with Gasteiger partial charge in [-0.3, -0.25) is 0 Å². The molecule has 2 heterocycles. The molecule has 8 nitrogen and oxygen atoms in total. The van der Waals surface area contributed by atoms with Crippen LogP contribution in [0.1, 0.15) is 11.9 Å². The molecule has 0 spiro atoms. The third-order valence-corrected chi connectivity index (χ3v) is 6.88. The van der Waals surface area contributed by atoms with E-state index in [1.54, 1.807) is 36.5 Å². The van der Waals surface area contributed by atoms with Crippen molar-refractivity contribution in [2.45, 2.75) is 23.7 Å². The van der Waals surface area contributed by atoms with Gasteiger partial charge in [0, 0.05) is 10.5 Å². The van der Waals surface area contributed by atoms with Gasteiger partial charge in [0.05, 0.1) is 44.1 Å². The molecule has 0 saturated heterocycles. The summed E-state index contributed by atoms with van der Waals surface area (Å²) in [5.74, 6) is 0.336. The molecular formula is C20H16Cl2N6O2S2. The third-order valence-electron chi connectivity index (χ3n) is 4.22. The topological polar surface area (TPSA) is 113 Å². The number of thioether (sulfide) groups is 1. The van der Waals surface area contributed by atoms with Gasteiger partial charge in [-0.1, -0.05) is 29.3 Å². The molecule has 0 fully saturated rings. The second-order valence-corrected chi connectivity index (χ2v) is 9.91. The summed E-state index contributed by atoms with van der Waals surface area (Å²) in [4.78, 5) is 20.8. The van der Waals surface area contributed by atoms with Crippen LogP contribution in [-0.2, 0) is 6.54 Å². The Balaban J connectivity index is 1.47. The van der Waals surface area contributed by atoms with Gasteiger partial charge in [0.1, 0.15) is 5.01 Å². The van der Waals surface area contributed by atoms with E-state index in [9.17, 15) is 4.79 Å². The van der Waals surface area contributed by atoms with Gasteiger partial charge in [-0.05, 0) is 37.3 Å². The first kappa shape index (κ1) is 22.5. The summed E-state index contributed by atoms with van der Waals surface area (Å²) in [6, 6.07) is 11.1. The maximum atomic E-state index is 10.8. The number of carbonyl (C=O) groups is 1. The standard InChI is InChI=1S/C20H16Cl2N6O2S2/c1-10(25-20(29)30)31-11-5-6-16-14(7-11)26-17(32-16)9-23-19-27-15(8-24-28-19)18-12(21)3-2-4-13(18)22/h2-8,10,25H,9H2,1H3,(H,29,30)(H,23,27,28). The molecule has 32 heavy (non-hydrogen) atoms. The molecule has 1 unspecified atom stereocenters. The van der Waals surface area contributed by atoms with E-state index in [1.165, 1.54) is 18.0 Å². The second-order valence-electron chi connectivity index (χ2n) is 6.56. The molecule has 4 rings (SSSR count). The van der Waals surface area contributed by atoms with Crippen LogP contribution in [0.4, 0.5) is 10.7 Å². The van der Waals surface area contributed by atoms with Gasteiger partial charge < -0.3 is 15.7 Å². The molecule has 12 heteroatoms. The van der Waals surface area contributed by atoms with Crippen LogP contribution in [0.15, 0.2) is 47.5 Å². The average Bonchev–Trinajstić information content (AvgIpc) is 3.14. The molecule has 164 valence electrons. The molecule has 0 aliphatic carbocycles. The number of aromatic nitrogens is 4. The summed E-state index contributed by atoms with van der Waals surface area (Å²) in [5, 5.41) is 24.0. The number of rotatable bonds is 7. The molecule has 0 saturated carbocycles. The molecule has 0 bridgehead atoms. The van der Waals surface area contributed by atoms with Crippen molar-refractivity contribution in [1.29, 1.82) is 0 Å². The van der Waals surface area contributed by atoms with Crippen LogP contribution >= 0.6 is 46.3 Å². The fraction of sp³-hybridized carbons (Fsp3) is 0.150. The summed E-state index contributed by atoms with van der Waals surface area (Å²) in [5.41, 5.74) is 1.97. The lowest BCUT2D eigenvalue weighted by Gasteiger charge is -2.10. The lowest BCUT2D eigenvalue weighted by atomic mass is 10.1. The summed E-state index contributed by atoms with van der Waals surface area (Å²) in [6.45, 7) is 2.21. The van der Waals surface area contributed by atoms with E-state index in [0.717, 1.165) is 20.1 Å². The number of benzene rings is 2. The molecule has 3 N–H and O–H groups in total. The predicted molar refractivity (Wildman–Crippen MR) is 129 cm³/mol. The van der Waals surface area contributed by atoms with Crippen molar-refractivity contribution in [3.63, 3.8) is 0 Å². The predicted octanol–water partition coefficient (Wildman–Crippen LogP) is 5.77. The number of nitrogens with one attached hydrogen (secondary N) is 2.